The van der Waals surface area contributed by atoms with Crippen molar-refractivity contribution in [3.63, 3.8) is 0 Å². The number of nitrogens with zero attached hydrogens (tertiary/aromatic N) is 1. The van der Waals surface area contributed by atoms with Gasteiger partial charge in [0.1, 0.15) is 0 Å². The molecule has 0 radical (unpaired) electrons. The standard InChI is InChI=1S/C11H22N2S/c1-10(2)13-7-3-4-11(5-8-13)12-6-9-14-11/h10,12H,3-9H2,1-2H3. The number of rotatable bonds is 1. The summed E-state index contributed by atoms with van der Waals surface area (Å²) < 4.78 is 0. The zero-order valence-electron chi connectivity index (χ0n) is 9.38. The van der Waals surface area contributed by atoms with Crippen LogP contribution in [0.1, 0.15) is 33.1 Å². The Morgan fingerprint density at radius 3 is 2.79 bits per heavy atom. The van der Waals surface area contributed by atoms with Crippen LogP contribution < -0.4 is 5.32 Å². The molecule has 2 saturated heterocycles. The maximum atomic E-state index is 3.71. The number of hydrogen-bond donors (Lipinski definition) is 1. The summed E-state index contributed by atoms with van der Waals surface area (Å²) in [5.74, 6) is 1.31. The van der Waals surface area contributed by atoms with E-state index in [0.29, 0.717) is 4.87 Å². The average Bonchev–Trinajstić information content (AvgIpc) is 2.47. The van der Waals surface area contributed by atoms with Gasteiger partial charge in [0.05, 0.1) is 4.87 Å². The fourth-order valence-electron chi connectivity index (χ4n) is 2.54. The van der Waals surface area contributed by atoms with Crippen molar-refractivity contribution < 1.29 is 0 Å². The summed E-state index contributed by atoms with van der Waals surface area (Å²) in [6.45, 7) is 8.41. The molecule has 2 nitrogen and oxygen atoms in total. The topological polar surface area (TPSA) is 15.3 Å². The fraction of sp³-hybridized carbons (Fsp3) is 1.00. The highest BCUT2D eigenvalue weighted by molar-refractivity contribution is 8.00. The Morgan fingerprint density at radius 1 is 1.29 bits per heavy atom. The van der Waals surface area contributed by atoms with Gasteiger partial charge in [-0.3, -0.25) is 0 Å². The second kappa shape index (κ2) is 4.42. The highest BCUT2D eigenvalue weighted by Gasteiger charge is 2.35. The van der Waals surface area contributed by atoms with Crippen LogP contribution in [0.3, 0.4) is 0 Å². The van der Waals surface area contributed by atoms with Crippen LogP contribution in [0.5, 0.6) is 0 Å². The van der Waals surface area contributed by atoms with Crippen LogP contribution in [0.2, 0.25) is 0 Å². The molecule has 0 saturated carbocycles. The van der Waals surface area contributed by atoms with E-state index in [2.05, 4.69) is 35.8 Å². The molecule has 2 heterocycles. The Bertz CT molecular complexity index is 188. The zero-order chi connectivity index (χ0) is 10.0. The van der Waals surface area contributed by atoms with Gasteiger partial charge in [0.25, 0.3) is 0 Å². The van der Waals surface area contributed by atoms with E-state index in [0.717, 1.165) is 6.04 Å². The summed E-state index contributed by atoms with van der Waals surface area (Å²) in [7, 11) is 0. The second-order valence-electron chi connectivity index (χ2n) is 4.75. The summed E-state index contributed by atoms with van der Waals surface area (Å²) in [6, 6.07) is 0.719. The molecule has 0 bridgehead atoms. The SMILES string of the molecule is CC(C)N1CCCC2(CC1)NCCS2. The fourth-order valence-corrected chi connectivity index (χ4v) is 3.87. The lowest BCUT2D eigenvalue weighted by atomic mass is 10.1. The van der Waals surface area contributed by atoms with E-state index < -0.39 is 0 Å². The quantitative estimate of drug-likeness (QED) is 0.718. The molecule has 2 aliphatic rings. The first-order valence-electron chi connectivity index (χ1n) is 5.85. The molecule has 82 valence electrons. The van der Waals surface area contributed by atoms with E-state index >= 15 is 0 Å². The third-order valence-electron chi connectivity index (χ3n) is 3.49. The van der Waals surface area contributed by atoms with Crippen LogP contribution in [0, 0.1) is 0 Å². The minimum absolute atomic E-state index is 0.448. The van der Waals surface area contributed by atoms with Crippen molar-refractivity contribution in [2.75, 3.05) is 25.4 Å². The summed E-state index contributed by atoms with van der Waals surface area (Å²) >= 11 is 2.15. The molecule has 0 amide bonds. The first-order valence-corrected chi connectivity index (χ1v) is 6.83. The van der Waals surface area contributed by atoms with Crippen molar-refractivity contribution in [1.82, 2.24) is 10.2 Å². The van der Waals surface area contributed by atoms with Gasteiger partial charge in [0.15, 0.2) is 0 Å². The molecule has 14 heavy (non-hydrogen) atoms. The van der Waals surface area contributed by atoms with Gasteiger partial charge >= 0.3 is 0 Å². The van der Waals surface area contributed by atoms with Gasteiger partial charge in [0.2, 0.25) is 0 Å². The van der Waals surface area contributed by atoms with Crippen LogP contribution >= 0.6 is 11.8 Å². The normalized spacial score (nSPS) is 35.4. The van der Waals surface area contributed by atoms with Crippen LogP contribution in [0.25, 0.3) is 0 Å². The molecule has 2 rings (SSSR count). The van der Waals surface area contributed by atoms with Gasteiger partial charge in [0, 0.05) is 24.9 Å². The van der Waals surface area contributed by atoms with Crippen LogP contribution in [0.4, 0.5) is 0 Å². The van der Waals surface area contributed by atoms with Gasteiger partial charge < -0.3 is 10.2 Å². The van der Waals surface area contributed by atoms with Gasteiger partial charge in [-0.15, -0.1) is 11.8 Å². The van der Waals surface area contributed by atoms with E-state index in [4.69, 9.17) is 0 Å². The van der Waals surface area contributed by atoms with Crippen LogP contribution in [-0.2, 0) is 0 Å². The molecule has 1 atom stereocenters. The molecule has 1 N–H and O–H groups in total. The Kier molecular flexibility index (Phi) is 3.40. The molecule has 2 fully saturated rings. The predicted octanol–water partition coefficient (Wildman–Crippen LogP) is 1.91. The van der Waals surface area contributed by atoms with E-state index in [1.165, 1.54) is 44.6 Å². The summed E-state index contributed by atoms with van der Waals surface area (Å²) in [6.07, 6.45) is 4.05. The van der Waals surface area contributed by atoms with Gasteiger partial charge in [-0.1, -0.05) is 0 Å². The van der Waals surface area contributed by atoms with E-state index in [-0.39, 0.29) is 0 Å². The molecule has 0 aromatic carbocycles. The number of thioether (sulfide) groups is 1. The molecule has 0 aromatic rings. The third-order valence-corrected chi connectivity index (χ3v) is 5.00. The largest absolute Gasteiger partial charge is 0.302 e. The molecule has 2 aliphatic heterocycles. The van der Waals surface area contributed by atoms with Crippen molar-refractivity contribution in [2.24, 2.45) is 0 Å². The van der Waals surface area contributed by atoms with Crippen molar-refractivity contribution in [3.05, 3.63) is 0 Å². The Morgan fingerprint density at radius 2 is 2.14 bits per heavy atom. The first-order chi connectivity index (χ1) is 6.72. The average molecular weight is 214 g/mol. The Labute approximate surface area is 91.8 Å². The van der Waals surface area contributed by atoms with Gasteiger partial charge in [-0.2, -0.15) is 0 Å². The third kappa shape index (κ3) is 2.26. The monoisotopic (exact) mass is 214 g/mol. The smallest absolute Gasteiger partial charge is 0.0658 e. The molecular formula is C11H22N2S. The molecule has 1 spiro atoms. The maximum absolute atomic E-state index is 3.71. The van der Waals surface area contributed by atoms with Crippen LogP contribution in [0.15, 0.2) is 0 Å². The summed E-state index contributed by atoms with van der Waals surface area (Å²) in [4.78, 5) is 3.07. The lowest BCUT2D eigenvalue weighted by molar-refractivity contribution is 0.228. The summed E-state index contributed by atoms with van der Waals surface area (Å²) in [5.41, 5.74) is 0. The predicted molar refractivity (Wildman–Crippen MR) is 63.8 cm³/mol. The summed E-state index contributed by atoms with van der Waals surface area (Å²) in [5, 5.41) is 3.71. The Hall–Kier alpha value is 0.270. The lowest BCUT2D eigenvalue weighted by Crippen LogP contribution is -2.39. The number of likely N-dealkylation sites (tertiary alicyclic amines) is 1. The van der Waals surface area contributed by atoms with Gasteiger partial charge in [-0.05, 0) is 39.7 Å². The molecular weight excluding hydrogens is 192 g/mol. The highest BCUT2D eigenvalue weighted by atomic mass is 32.2. The van der Waals surface area contributed by atoms with E-state index in [9.17, 15) is 0 Å². The van der Waals surface area contributed by atoms with Crippen molar-refractivity contribution >= 4 is 11.8 Å². The van der Waals surface area contributed by atoms with Crippen molar-refractivity contribution in [1.29, 1.82) is 0 Å². The Balaban J connectivity index is 1.93. The minimum Gasteiger partial charge on any atom is -0.302 e. The number of nitrogens with one attached hydrogen (secondary N) is 1. The highest BCUT2D eigenvalue weighted by Crippen LogP contribution is 2.37. The van der Waals surface area contributed by atoms with Gasteiger partial charge in [-0.25, -0.2) is 0 Å². The minimum atomic E-state index is 0.448. The second-order valence-corrected chi connectivity index (χ2v) is 6.23. The first kappa shape index (κ1) is 10.8. The zero-order valence-corrected chi connectivity index (χ0v) is 10.2. The molecule has 0 aromatic heterocycles. The van der Waals surface area contributed by atoms with Crippen molar-refractivity contribution in [2.45, 2.75) is 44.0 Å². The molecule has 0 aliphatic carbocycles. The number of hydrogen-bond acceptors (Lipinski definition) is 3. The van der Waals surface area contributed by atoms with E-state index in [1.807, 2.05) is 0 Å². The van der Waals surface area contributed by atoms with E-state index in [1.54, 1.807) is 0 Å². The van der Waals surface area contributed by atoms with Crippen molar-refractivity contribution in [3.8, 4) is 0 Å². The lowest BCUT2D eigenvalue weighted by Gasteiger charge is -2.28. The molecule has 1 unspecified atom stereocenters. The molecule has 3 heteroatoms. The van der Waals surface area contributed by atoms with Crippen LogP contribution in [-0.4, -0.2) is 41.2 Å². The maximum Gasteiger partial charge on any atom is 0.0658 e.